The highest BCUT2D eigenvalue weighted by Crippen LogP contribution is 2.27. The number of hydrogen-bond acceptors (Lipinski definition) is 6. The predicted molar refractivity (Wildman–Crippen MR) is 123 cm³/mol. The van der Waals surface area contributed by atoms with Crippen LogP contribution in [0.15, 0.2) is 46.2 Å². The average molecular weight is 485 g/mol. The summed E-state index contributed by atoms with van der Waals surface area (Å²) in [6.45, 7) is 7.21. The Morgan fingerprint density at radius 3 is 1.33 bits per heavy atom. The molecule has 2 aromatic carbocycles. The second kappa shape index (κ2) is 9.12. The van der Waals surface area contributed by atoms with Crippen LogP contribution in [0, 0.1) is 0 Å². The summed E-state index contributed by atoms with van der Waals surface area (Å²) in [7, 11) is -9.23. The lowest BCUT2D eigenvalue weighted by Gasteiger charge is -2.06. The van der Waals surface area contributed by atoms with Crippen LogP contribution in [-0.2, 0) is 20.2 Å². The number of hydrogen-bond donors (Lipinski definition) is 2. The molecule has 0 bridgehead atoms. The molecule has 2 N–H and O–H groups in total. The van der Waals surface area contributed by atoms with Gasteiger partial charge in [-0.3, -0.25) is 9.11 Å². The van der Waals surface area contributed by atoms with E-state index in [-0.39, 0.29) is 11.1 Å². The van der Waals surface area contributed by atoms with Crippen LogP contribution >= 0.6 is 24.4 Å². The van der Waals surface area contributed by atoms with Gasteiger partial charge in [-0.1, -0.05) is 12.2 Å². The smallest absolute Gasteiger partial charge is 0.282 e. The van der Waals surface area contributed by atoms with E-state index in [0.717, 1.165) is 12.1 Å². The minimum Gasteiger partial charge on any atom is -0.282 e. The summed E-state index contributed by atoms with van der Waals surface area (Å²) in [5, 5.41) is 0. The summed E-state index contributed by atoms with van der Waals surface area (Å²) >= 11 is 9.49. The van der Waals surface area contributed by atoms with Crippen LogP contribution in [0.4, 0.5) is 11.4 Å². The van der Waals surface area contributed by atoms with Gasteiger partial charge in [0.2, 0.25) is 22.4 Å². The number of benzene rings is 2. The van der Waals surface area contributed by atoms with Crippen molar-refractivity contribution in [3.05, 3.63) is 47.5 Å². The molecule has 0 atom stereocenters. The van der Waals surface area contributed by atoms with Crippen molar-refractivity contribution < 1.29 is 35.1 Å². The maximum absolute atomic E-state index is 11.8. The van der Waals surface area contributed by atoms with E-state index >= 15 is 0 Å². The van der Waals surface area contributed by atoms with Crippen molar-refractivity contribution in [2.24, 2.45) is 0 Å². The van der Waals surface area contributed by atoms with Crippen molar-refractivity contribution >= 4 is 92.6 Å². The highest BCUT2D eigenvalue weighted by Gasteiger charge is 2.20. The SMILES string of the molecule is C=[N+](C=S)c1ccc(/C=C/c2ccc([N+](=C)C=S)cc2S(=O)(=O)O)c(S(=O)(=O)O)c1. The van der Waals surface area contributed by atoms with Gasteiger partial charge in [0.15, 0.2) is 0 Å². The summed E-state index contributed by atoms with van der Waals surface area (Å²) in [6.07, 6.45) is 2.56. The molecular weight excluding hydrogens is 468 g/mol. The molecule has 0 saturated heterocycles. The van der Waals surface area contributed by atoms with Crippen LogP contribution < -0.4 is 0 Å². The van der Waals surface area contributed by atoms with Gasteiger partial charge in [-0.05, 0) is 47.7 Å². The first-order valence-electron chi connectivity index (χ1n) is 7.89. The number of thiocarbonyl (C=S) groups is 2. The van der Waals surface area contributed by atoms with Gasteiger partial charge in [-0.15, -0.1) is 0 Å². The Kier molecular flexibility index (Phi) is 7.23. The van der Waals surface area contributed by atoms with Crippen molar-refractivity contribution in [2.45, 2.75) is 9.79 Å². The summed E-state index contributed by atoms with van der Waals surface area (Å²) in [4.78, 5) is -0.868. The number of nitrogens with zero attached hydrogens (tertiary/aromatic N) is 2. The third kappa shape index (κ3) is 5.56. The maximum atomic E-state index is 11.8. The van der Waals surface area contributed by atoms with E-state index in [1.165, 1.54) is 56.6 Å². The van der Waals surface area contributed by atoms with E-state index in [1.807, 2.05) is 0 Å². The van der Waals surface area contributed by atoms with Crippen LogP contribution in [0.2, 0.25) is 0 Å². The Morgan fingerprint density at radius 1 is 0.733 bits per heavy atom. The molecule has 12 heteroatoms. The topological polar surface area (TPSA) is 115 Å². The molecule has 0 aliphatic carbocycles. The van der Waals surface area contributed by atoms with Crippen molar-refractivity contribution in [1.29, 1.82) is 0 Å². The maximum Gasteiger partial charge on any atom is 0.295 e. The molecule has 0 aliphatic rings. The van der Waals surface area contributed by atoms with Gasteiger partial charge in [-0.25, -0.2) is 0 Å². The van der Waals surface area contributed by atoms with Gasteiger partial charge in [0.1, 0.15) is 23.2 Å². The number of rotatable bonds is 8. The van der Waals surface area contributed by atoms with Crippen molar-refractivity contribution in [2.75, 3.05) is 0 Å². The van der Waals surface area contributed by atoms with E-state index in [4.69, 9.17) is 24.4 Å². The highest BCUT2D eigenvalue weighted by atomic mass is 32.2. The molecule has 2 aromatic rings. The second-order valence-electron chi connectivity index (χ2n) is 5.88. The highest BCUT2D eigenvalue weighted by molar-refractivity contribution is 7.86. The summed E-state index contributed by atoms with van der Waals surface area (Å²) in [6, 6.07) is 8.12. The first-order valence-corrected chi connectivity index (χ1v) is 11.7. The molecule has 30 heavy (non-hydrogen) atoms. The largest absolute Gasteiger partial charge is 0.295 e. The first kappa shape index (κ1) is 23.8. The van der Waals surface area contributed by atoms with E-state index in [1.54, 1.807) is 0 Å². The zero-order valence-electron chi connectivity index (χ0n) is 15.2. The molecular formula is C18H16N2O6S4+2. The zero-order chi connectivity index (χ0) is 22.7. The molecule has 0 aliphatic heterocycles. The molecule has 8 nitrogen and oxygen atoms in total. The minimum atomic E-state index is -4.61. The molecule has 2 rings (SSSR count). The van der Waals surface area contributed by atoms with Gasteiger partial charge < -0.3 is 0 Å². The Morgan fingerprint density at radius 2 is 1.07 bits per heavy atom. The first-order chi connectivity index (χ1) is 13.9. The zero-order valence-corrected chi connectivity index (χ0v) is 18.5. The van der Waals surface area contributed by atoms with Crippen molar-refractivity contribution in [1.82, 2.24) is 0 Å². The van der Waals surface area contributed by atoms with Crippen LogP contribution in [0.25, 0.3) is 12.2 Å². The van der Waals surface area contributed by atoms with Crippen molar-refractivity contribution in [3.63, 3.8) is 0 Å². The Balaban J connectivity index is 2.64. The lowest BCUT2D eigenvalue weighted by molar-refractivity contribution is -0.279. The fourth-order valence-corrected chi connectivity index (χ4v) is 4.08. The van der Waals surface area contributed by atoms with Crippen LogP contribution in [0.5, 0.6) is 0 Å². The minimum absolute atomic E-state index is 0.0714. The van der Waals surface area contributed by atoms with Gasteiger partial charge in [-0.2, -0.15) is 26.0 Å². The molecule has 0 radical (unpaired) electrons. The van der Waals surface area contributed by atoms with E-state index in [2.05, 4.69) is 13.4 Å². The van der Waals surface area contributed by atoms with Crippen LogP contribution in [-0.4, -0.2) is 59.5 Å². The van der Waals surface area contributed by atoms with Gasteiger partial charge >= 0.3 is 0 Å². The third-order valence-electron chi connectivity index (χ3n) is 3.91. The molecule has 0 spiro atoms. The molecule has 0 amide bonds. The second-order valence-corrected chi connectivity index (χ2v) is 9.08. The fraction of sp³-hybridized carbons (Fsp3) is 0. The standard InChI is InChI=1S/C18H14N2O6S4/c1-19(11-27)15-7-5-13(17(9-15)29(21,22)23)3-4-14-6-8-16(20(2)12-28)10-18(14)30(24,25)26/h3-12H,1-2H2/p+2/b4-3+. The fourth-order valence-electron chi connectivity index (χ4n) is 2.43. The lowest BCUT2D eigenvalue weighted by Crippen LogP contribution is -2.05. The molecule has 0 unspecified atom stereocenters. The molecule has 156 valence electrons. The predicted octanol–water partition coefficient (Wildman–Crippen LogP) is 2.95. The van der Waals surface area contributed by atoms with E-state index in [0.29, 0.717) is 11.4 Å². The summed E-state index contributed by atoms with van der Waals surface area (Å²) in [5.41, 5.74) is 3.14. The third-order valence-corrected chi connectivity index (χ3v) is 6.24. The molecule has 0 saturated carbocycles. The molecule has 0 fully saturated rings. The Bertz CT molecular complexity index is 1210. The Labute approximate surface area is 184 Å². The van der Waals surface area contributed by atoms with Gasteiger partial charge in [0.05, 0.1) is 0 Å². The van der Waals surface area contributed by atoms with Crippen LogP contribution in [0.3, 0.4) is 0 Å². The average Bonchev–Trinajstić information content (AvgIpc) is 2.69. The lowest BCUT2D eigenvalue weighted by atomic mass is 10.1. The monoisotopic (exact) mass is 484 g/mol. The summed E-state index contributed by atoms with van der Waals surface area (Å²) in [5.74, 6) is 0. The van der Waals surface area contributed by atoms with E-state index < -0.39 is 30.0 Å². The normalized spacial score (nSPS) is 11.9. The molecule has 0 aromatic heterocycles. The van der Waals surface area contributed by atoms with Gasteiger partial charge in [0.25, 0.3) is 20.2 Å². The van der Waals surface area contributed by atoms with E-state index in [9.17, 15) is 25.9 Å². The quantitative estimate of drug-likeness (QED) is 0.193. The van der Waals surface area contributed by atoms with Crippen LogP contribution in [0.1, 0.15) is 11.1 Å². The van der Waals surface area contributed by atoms with Gasteiger partial charge in [0, 0.05) is 24.3 Å². The van der Waals surface area contributed by atoms with Crippen molar-refractivity contribution in [3.8, 4) is 0 Å². The summed E-state index contributed by atoms with van der Waals surface area (Å²) < 4.78 is 68.7. The Hall–Kier alpha value is -2.48. The molecule has 0 heterocycles.